The molecule has 0 bridgehead atoms. The van der Waals surface area contributed by atoms with Gasteiger partial charge in [-0.25, -0.2) is 0 Å². The topological polar surface area (TPSA) is 64.6 Å². The van der Waals surface area contributed by atoms with E-state index in [9.17, 15) is 9.59 Å². The average Bonchev–Trinajstić information content (AvgIpc) is 2.82. The Balaban J connectivity index is 1.61. The maximum Gasteiger partial charge on any atom is 0.262 e. The summed E-state index contributed by atoms with van der Waals surface area (Å²) in [7, 11) is 1.53. The van der Waals surface area contributed by atoms with Gasteiger partial charge in [0.05, 0.1) is 7.11 Å². The van der Waals surface area contributed by atoms with Crippen molar-refractivity contribution in [2.75, 3.05) is 19.0 Å². The van der Waals surface area contributed by atoms with Crippen molar-refractivity contribution >= 4 is 23.5 Å². The molecule has 0 spiro atoms. The fourth-order valence-electron chi connectivity index (χ4n) is 3.07. The summed E-state index contributed by atoms with van der Waals surface area (Å²) < 4.78 is 11.0. The molecule has 3 rings (SSSR count). The number of ether oxygens (including phenoxy) is 2. The van der Waals surface area contributed by atoms with Gasteiger partial charge in [-0.15, -0.1) is 0 Å². The molecule has 32 heavy (non-hydrogen) atoms. The first-order valence-corrected chi connectivity index (χ1v) is 10.4. The Bertz CT molecular complexity index is 1090. The van der Waals surface area contributed by atoms with Crippen LogP contribution in [-0.4, -0.2) is 25.4 Å². The number of carbonyl (C=O) groups is 2. The van der Waals surface area contributed by atoms with Crippen molar-refractivity contribution in [2.45, 2.75) is 19.8 Å². The molecule has 0 unspecified atom stereocenters. The van der Waals surface area contributed by atoms with Crippen molar-refractivity contribution in [3.63, 3.8) is 0 Å². The second-order valence-electron chi connectivity index (χ2n) is 7.59. The maximum atomic E-state index is 12.5. The normalized spacial score (nSPS) is 10.9. The third kappa shape index (κ3) is 6.32. The molecule has 0 saturated carbocycles. The number of amides is 1. The van der Waals surface area contributed by atoms with Crippen LogP contribution in [-0.2, 0) is 4.79 Å². The third-order valence-corrected chi connectivity index (χ3v) is 4.89. The Morgan fingerprint density at radius 1 is 0.938 bits per heavy atom. The molecule has 1 amide bonds. The van der Waals surface area contributed by atoms with Gasteiger partial charge in [-0.1, -0.05) is 68.5 Å². The van der Waals surface area contributed by atoms with Crippen molar-refractivity contribution < 1.29 is 19.1 Å². The highest BCUT2D eigenvalue weighted by atomic mass is 16.5. The van der Waals surface area contributed by atoms with Crippen LogP contribution in [0.1, 0.15) is 41.3 Å². The van der Waals surface area contributed by atoms with E-state index >= 15 is 0 Å². The van der Waals surface area contributed by atoms with Crippen molar-refractivity contribution in [3.8, 4) is 11.5 Å². The van der Waals surface area contributed by atoms with E-state index in [4.69, 9.17) is 9.47 Å². The second kappa shape index (κ2) is 11.0. The highest BCUT2D eigenvalue weighted by Gasteiger charge is 2.09. The zero-order chi connectivity index (χ0) is 22.9. The van der Waals surface area contributed by atoms with E-state index < -0.39 is 0 Å². The molecule has 3 aromatic carbocycles. The van der Waals surface area contributed by atoms with Crippen molar-refractivity contribution in [1.29, 1.82) is 0 Å². The first-order chi connectivity index (χ1) is 15.5. The van der Waals surface area contributed by atoms with Crippen molar-refractivity contribution in [2.24, 2.45) is 0 Å². The number of carbonyl (C=O) groups excluding carboxylic acids is 2. The minimum atomic E-state index is -0.267. The molecule has 0 aliphatic carbocycles. The molecular weight excluding hydrogens is 402 g/mol. The van der Waals surface area contributed by atoms with Crippen LogP contribution in [0.25, 0.3) is 6.08 Å². The summed E-state index contributed by atoms with van der Waals surface area (Å²) in [5.74, 6) is 1.01. The SMILES string of the molecule is COc1cc(/C=C/C(=O)c2ccc(C(C)C)cc2)ccc1OCC(=O)Nc1ccccc1. The van der Waals surface area contributed by atoms with Crippen LogP contribution in [0, 0.1) is 0 Å². The Morgan fingerprint density at radius 2 is 1.66 bits per heavy atom. The minimum Gasteiger partial charge on any atom is -0.493 e. The zero-order valence-electron chi connectivity index (χ0n) is 18.5. The Labute approximate surface area is 188 Å². The summed E-state index contributed by atoms with van der Waals surface area (Å²) in [6.07, 6.45) is 3.26. The largest absolute Gasteiger partial charge is 0.493 e. The predicted octanol–water partition coefficient (Wildman–Crippen LogP) is 5.73. The second-order valence-corrected chi connectivity index (χ2v) is 7.59. The summed E-state index contributed by atoms with van der Waals surface area (Å²) in [5.41, 5.74) is 3.33. The number of hydrogen-bond acceptors (Lipinski definition) is 4. The van der Waals surface area contributed by atoms with Crippen LogP contribution in [0.5, 0.6) is 11.5 Å². The van der Waals surface area contributed by atoms with Crippen LogP contribution in [0.15, 0.2) is 78.9 Å². The number of benzene rings is 3. The van der Waals surface area contributed by atoms with E-state index in [0.29, 0.717) is 28.7 Å². The number of methoxy groups -OCH3 is 1. The molecule has 0 aromatic heterocycles. The maximum absolute atomic E-state index is 12.5. The number of para-hydroxylation sites is 1. The summed E-state index contributed by atoms with van der Waals surface area (Å²) in [4.78, 5) is 24.6. The first kappa shape index (κ1) is 22.8. The van der Waals surface area contributed by atoms with Crippen LogP contribution in [0.3, 0.4) is 0 Å². The van der Waals surface area contributed by atoms with E-state index in [2.05, 4.69) is 19.2 Å². The van der Waals surface area contributed by atoms with E-state index in [-0.39, 0.29) is 18.3 Å². The molecule has 5 nitrogen and oxygen atoms in total. The summed E-state index contributed by atoms with van der Waals surface area (Å²) in [5, 5.41) is 2.77. The molecular formula is C27H27NO4. The summed E-state index contributed by atoms with van der Waals surface area (Å²) >= 11 is 0. The van der Waals surface area contributed by atoms with Crippen LogP contribution in [0.2, 0.25) is 0 Å². The lowest BCUT2D eigenvalue weighted by atomic mass is 10.0. The molecule has 0 heterocycles. The third-order valence-electron chi connectivity index (χ3n) is 4.89. The summed E-state index contributed by atoms with van der Waals surface area (Å²) in [6.45, 7) is 4.09. The molecule has 1 N–H and O–H groups in total. The number of anilines is 1. The van der Waals surface area contributed by atoms with E-state index in [1.165, 1.54) is 18.7 Å². The standard InChI is InChI=1S/C27H27NO4/c1-19(2)21-11-13-22(14-12-21)24(29)15-9-20-10-16-25(26(17-20)31-3)32-18-27(30)28-23-7-5-4-6-8-23/h4-17,19H,18H2,1-3H3,(H,28,30)/b15-9+. The highest BCUT2D eigenvalue weighted by Crippen LogP contribution is 2.28. The fraction of sp³-hybridized carbons (Fsp3) is 0.185. The Kier molecular flexibility index (Phi) is 7.81. The molecule has 0 radical (unpaired) electrons. The number of nitrogens with one attached hydrogen (secondary N) is 1. The fourth-order valence-corrected chi connectivity index (χ4v) is 3.07. The zero-order valence-corrected chi connectivity index (χ0v) is 18.5. The number of rotatable bonds is 9. The molecule has 0 saturated heterocycles. The van der Waals surface area contributed by atoms with Gasteiger partial charge in [0.2, 0.25) is 0 Å². The molecule has 0 aliphatic rings. The van der Waals surface area contributed by atoms with Gasteiger partial charge >= 0.3 is 0 Å². The molecule has 5 heteroatoms. The Morgan fingerprint density at radius 3 is 2.31 bits per heavy atom. The minimum absolute atomic E-state index is 0.0721. The molecule has 0 atom stereocenters. The quantitative estimate of drug-likeness (QED) is 0.348. The van der Waals surface area contributed by atoms with E-state index in [1.807, 2.05) is 42.5 Å². The van der Waals surface area contributed by atoms with Gasteiger partial charge in [-0.05, 0) is 47.4 Å². The monoisotopic (exact) mass is 429 g/mol. The molecule has 3 aromatic rings. The summed E-state index contributed by atoms with van der Waals surface area (Å²) in [6, 6.07) is 22.1. The van der Waals surface area contributed by atoms with Gasteiger partial charge in [-0.2, -0.15) is 0 Å². The lowest BCUT2D eigenvalue weighted by Gasteiger charge is -2.11. The van der Waals surface area contributed by atoms with Crippen LogP contribution >= 0.6 is 0 Å². The van der Waals surface area contributed by atoms with Gasteiger partial charge in [-0.3, -0.25) is 9.59 Å². The first-order valence-electron chi connectivity index (χ1n) is 10.4. The van der Waals surface area contributed by atoms with Crippen LogP contribution in [0.4, 0.5) is 5.69 Å². The van der Waals surface area contributed by atoms with Gasteiger partial charge in [0.25, 0.3) is 5.91 Å². The molecule has 0 fully saturated rings. The molecule has 0 aliphatic heterocycles. The van der Waals surface area contributed by atoms with E-state index in [0.717, 1.165) is 5.56 Å². The van der Waals surface area contributed by atoms with Gasteiger partial charge < -0.3 is 14.8 Å². The smallest absolute Gasteiger partial charge is 0.262 e. The number of hydrogen-bond donors (Lipinski definition) is 1. The van der Waals surface area contributed by atoms with Gasteiger partial charge in [0.15, 0.2) is 23.9 Å². The van der Waals surface area contributed by atoms with Crippen molar-refractivity contribution in [1.82, 2.24) is 0 Å². The van der Waals surface area contributed by atoms with Crippen LogP contribution < -0.4 is 14.8 Å². The highest BCUT2D eigenvalue weighted by molar-refractivity contribution is 6.06. The lowest BCUT2D eigenvalue weighted by Crippen LogP contribution is -2.20. The lowest BCUT2D eigenvalue weighted by molar-refractivity contribution is -0.118. The van der Waals surface area contributed by atoms with Gasteiger partial charge in [0, 0.05) is 11.3 Å². The predicted molar refractivity (Wildman–Crippen MR) is 127 cm³/mol. The Hall–Kier alpha value is -3.86. The molecule has 164 valence electrons. The number of ketones is 1. The average molecular weight is 430 g/mol. The van der Waals surface area contributed by atoms with Crippen molar-refractivity contribution in [3.05, 3.63) is 95.6 Å². The van der Waals surface area contributed by atoms with Gasteiger partial charge in [0.1, 0.15) is 0 Å². The van der Waals surface area contributed by atoms with E-state index in [1.54, 1.807) is 36.4 Å². The number of allylic oxidation sites excluding steroid dienone is 1.